The molecule has 4 aromatic rings. The molecule has 0 bridgehead atoms. The van der Waals surface area contributed by atoms with E-state index in [2.05, 4.69) is 36.4 Å². The first-order valence-electron chi connectivity index (χ1n) is 13.6. The summed E-state index contributed by atoms with van der Waals surface area (Å²) in [6.07, 6.45) is 9.71. The number of rotatable bonds is 5. The van der Waals surface area contributed by atoms with Crippen LogP contribution in [0, 0.1) is 0 Å². The second-order valence-corrected chi connectivity index (χ2v) is 12.1. The van der Waals surface area contributed by atoms with Crippen molar-refractivity contribution < 1.29 is 19.4 Å². The maximum Gasteiger partial charge on any atom is 0.164 e. The molecule has 2 aromatic heterocycles. The first-order valence-corrected chi connectivity index (χ1v) is 15.4. The van der Waals surface area contributed by atoms with Gasteiger partial charge in [0, 0.05) is 10.8 Å². The van der Waals surface area contributed by atoms with Gasteiger partial charge in [0.25, 0.3) is 0 Å². The molecule has 0 saturated carbocycles. The summed E-state index contributed by atoms with van der Waals surface area (Å²) >= 11 is 3.02. The summed E-state index contributed by atoms with van der Waals surface area (Å²) in [5, 5.41) is 13.8. The van der Waals surface area contributed by atoms with E-state index in [1.54, 1.807) is 30.8 Å². The molecule has 2 aliphatic rings. The molecule has 2 aliphatic carbocycles. The van der Waals surface area contributed by atoms with Gasteiger partial charge in [0.15, 0.2) is 11.6 Å². The van der Waals surface area contributed by atoms with Gasteiger partial charge in [-0.15, -0.1) is 22.7 Å². The fourth-order valence-corrected chi connectivity index (χ4v) is 7.62. The summed E-state index contributed by atoms with van der Waals surface area (Å²) in [6, 6.07) is 13.0. The van der Waals surface area contributed by atoms with Gasteiger partial charge in [-0.2, -0.15) is 0 Å². The van der Waals surface area contributed by atoms with E-state index in [1.165, 1.54) is 78.2 Å². The Labute approximate surface area is 238 Å². The Kier molecular flexibility index (Phi) is 8.34. The number of hydrogen-bond acceptors (Lipinski definition) is 6. The predicted octanol–water partition coefficient (Wildman–Crippen LogP) is 8.71. The Bertz CT molecular complexity index is 1520. The molecular weight excluding hydrogens is 524 g/mol. The van der Waals surface area contributed by atoms with Gasteiger partial charge in [0.1, 0.15) is 11.5 Å². The zero-order valence-corrected chi connectivity index (χ0v) is 24.4. The molecule has 6 rings (SSSR count). The van der Waals surface area contributed by atoms with Crippen molar-refractivity contribution >= 4 is 34.2 Å². The van der Waals surface area contributed by atoms with Gasteiger partial charge in [0.05, 0.1) is 28.0 Å². The number of benzene rings is 2. The molecule has 0 atom stereocenters. The van der Waals surface area contributed by atoms with Gasteiger partial charge in [-0.05, 0) is 111 Å². The van der Waals surface area contributed by atoms with Crippen molar-refractivity contribution in [2.24, 2.45) is 0 Å². The first kappa shape index (κ1) is 27.4. The third-order valence-electron chi connectivity index (χ3n) is 7.69. The summed E-state index contributed by atoms with van der Waals surface area (Å²) in [7, 11) is 1.64. The number of carbonyl (C=O) groups excluding carboxylic acids is 2. The number of methoxy groups -OCH3 is 1. The van der Waals surface area contributed by atoms with E-state index in [1.807, 2.05) is 5.38 Å². The number of thiophene rings is 2. The van der Waals surface area contributed by atoms with Crippen molar-refractivity contribution in [3.8, 4) is 32.4 Å². The van der Waals surface area contributed by atoms with E-state index in [-0.39, 0.29) is 17.3 Å². The normalized spacial score (nSPS) is 14.0. The van der Waals surface area contributed by atoms with E-state index in [4.69, 9.17) is 4.74 Å². The molecule has 39 heavy (non-hydrogen) atoms. The Balaban J connectivity index is 0.000000158. The monoisotopic (exact) mass is 558 g/mol. The molecule has 2 heterocycles. The minimum Gasteiger partial charge on any atom is -0.506 e. The standard InChI is InChI=1S/C17H18O2S.C16H16O2S/c1-11(18)15-10-20-17(16(15)19-2)14-8-7-12-5-3-4-6-13(12)9-14;1-10(17)14-9-19-16(15(14)18)13-7-6-11-4-2-3-5-12(11)8-13/h7-10H,3-6H2,1-2H3;6-9,18H,2-5H2,1H3. The number of hydrogen-bond donors (Lipinski definition) is 1. The Morgan fingerprint density at radius 2 is 1.15 bits per heavy atom. The molecule has 6 heteroatoms. The number of Topliss-reactive ketones (excluding diaryl/α,β-unsaturated/α-hetero) is 2. The highest BCUT2D eigenvalue weighted by molar-refractivity contribution is 7.14. The summed E-state index contributed by atoms with van der Waals surface area (Å²) in [5.74, 6) is 0.826. The van der Waals surface area contributed by atoms with Crippen LogP contribution in [0.25, 0.3) is 20.9 Å². The summed E-state index contributed by atoms with van der Waals surface area (Å²) in [5.41, 5.74) is 9.05. The van der Waals surface area contributed by atoms with Gasteiger partial charge < -0.3 is 9.84 Å². The topological polar surface area (TPSA) is 63.6 Å². The third kappa shape index (κ3) is 5.73. The average molecular weight is 559 g/mol. The quantitative estimate of drug-likeness (QED) is 0.249. The van der Waals surface area contributed by atoms with Gasteiger partial charge in [0.2, 0.25) is 0 Å². The molecular formula is C33H34O4S2. The van der Waals surface area contributed by atoms with Crippen molar-refractivity contribution in [2.75, 3.05) is 7.11 Å². The number of aryl methyl sites for hydroxylation is 4. The zero-order valence-electron chi connectivity index (χ0n) is 22.8. The first-order chi connectivity index (χ1) is 18.9. The number of fused-ring (bicyclic) bond motifs is 2. The van der Waals surface area contributed by atoms with Crippen LogP contribution in [0.4, 0.5) is 0 Å². The van der Waals surface area contributed by atoms with Crippen molar-refractivity contribution in [1.82, 2.24) is 0 Å². The molecule has 0 radical (unpaired) electrons. The van der Waals surface area contributed by atoms with E-state index >= 15 is 0 Å². The van der Waals surface area contributed by atoms with E-state index in [0.29, 0.717) is 11.1 Å². The van der Waals surface area contributed by atoms with Crippen LogP contribution < -0.4 is 4.74 Å². The molecule has 1 N–H and O–H groups in total. The van der Waals surface area contributed by atoms with E-state index in [0.717, 1.165) is 40.3 Å². The Hall–Kier alpha value is -3.22. The molecule has 0 spiro atoms. The van der Waals surface area contributed by atoms with E-state index < -0.39 is 0 Å². The van der Waals surface area contributed by atoms with Gasteiger partial charge in [-0.3, -0.25) is 9.59 Å². The van der Waals surface area contributed by atoms with Gasteiger partial charge >= 0.3 is 0 Å². The van der Waals surface area contributed by atoms with Crippen LogP contribution in [0.3, 0.4) is 0 Å². The van der Waals surface area contributed by atoms with Crippen LogP contribution >= 0.6 is 22.7 Å². The fraction of sp³-hybridized carbons (Fsp3) is 0.333. The summed E-state index contributed by atoms with van der Waals surface area (Å²) < 4.78 is 5.47. The average Bonchev–Trinajstić information content (AvgIpc) is 3.56. The lowest BCUT2D eigenvalue weighted by Crippen LogP contribution is -2.02. The zero-order chi connectivity index (χ0) is 27.5. The highest BCUT2D eigenvalue weighted by Crippen LogP contribution is 2.41. The molecule has 0 amide bonds. The lowest BCUT2D eigenvalue weighted by atomic mass is 9.90. The van der Waals surface area contributed by atoms with Crippen molar-refractivity contribution in [2.45, 2.75) is 65.2 Å². The third-order valence-corrected chi connectivity index (χ3v) is 9.72. The largest absolute Gasteiger partial charge is 0.506 e. The van der Waals surface area contributed by atoms with Crippen molar-refractivity contribution in [3.63, 3.8) is 0 Å². The van der Waals surface area contributed by atoms with Crippen LogP contribution in [0.2, 0.25) is 0 Å². The maximum absolute atomic E-state index is 11.6. The van der Waals surface area contributed by atoms with E-state index in [9.17, 15) is 14.7 Å². The predicted molar refractivity (Wildman–Crippen MR) is 161 cm³/mol. The molecule has 0 saturated heterocycles. The van der Waals surface area contributed by atoms with Crippen LogP contribution in [-0.4, -0.2) is 23.8 Å². The second kappa shape index (κ2) is 11.9. The Morgan fingerprint density at radius 1 is 0.692 bits per heavy atom. The van der Waals surface area contributed by atoms with Crippen LogP contribution in [-0.2, 0) is 25.7 Å². The second-order valence-electron chi connectivity index (χ2n) is 10.3. The SMILES string of the molecule is CC(=O)c1csc(-c2ccc3c(c2)CCCC3)c1O.COc1c(C(C)=O)csc1-c1ccc2c(c1)CCCC2. The van der Waals surface area contributed by atoms with Crippen LogP contribution in [0.1, 0.15) is 82.5 Å². The highest BCUT2D eigenvalue weighted by atomic mass is 32.1. The molecule has 202 valence electrons. The van der Waals surface area contributed by atoms with Crippen LogP contribution in [0.5, 0.6) is 11.5 Å². The number of aromatic hydroxyl groups is 1. The molecule has 2 aromatic carbocycles. The lowest BCUT2D eigenvalue weighted by Gasteiger charge is -2.16. The summed E-state index contributed by atoms with van der Waals surface area (Å²) in [4.78, 5) is 24.9. The number of ketones is 2. The smallest absolute Gasteiger partial charge is 0.164 e. The lowest BCUT2D eigenvalue weighted by molar-refractivity contribution is 0.100. The minimum atomic E-state index is -0.0852. The fourth-order valence-electron chi connectivity index (χ4n) is 5.55. The van der Waals surface area contributed by atoms with Crippen molar-refractivity contribution in [3.05, 3.63) is 80.5 Å². The molecule has 0 aliphatic heterocycles. The van der Waals surface area contributed by atoms with Crippen LogP contribution in [0.15, 0.2) is 47.2 Å². The molecule has 0 unspecified atom stereocenters. The van der Waals surface area contributed by atoms with Crippen molar-refractivity contribution in [1.29, 1.82) is 0 Å². The maximum atomic E-state index is 11.6. The molecule has 0 fully saturated rings. The number of carbonyl (C=O) groups is 2. The van der Waals surface area contributed by atoms with Gasteiger partial charge in [-0.25, -0.2) is 0 Å². The minimum absolute atomic E-state index is 0.0577. The van der Waals surface area contributed by atoms with Gasteiger partial charge in [-0.1, -0.05) is 24.3 Å². The molecule has 4 nitrogen and oxygen atoms in total. The summed E-state index contributed by atoms with van der Waals surface area (Å²) in [6.45, 7) is 3.07. The highest BCUT2D eigenvalue weighted by Gasteiger charge is 2.19. The Morgan fingerprint density at radius 3 is 1.64 bits per heavy atom. The number of ether oxygens (including phenoxy) is 1.